The summed E-state index contributed by atoms with van der Waals surface area (Å²) in [6, 6.07) is 11.6. The van der Waals surface area contributed by atoms with E-state index < -0.39 is 0 Å². The second kappa shape index (κ2) is 6.63. The standard InChI is InChI=1S/C20H22N2O2/c23-20(16-3-1-5-19(11-16)24-14-15-6-7-15)22-10-8-18(13-22)17-4-2-9-21-12-17/h1-5,9,11-12,15,18H,6-8,10,13-14H2. The molecule has 0 radical (unpaired) electrons. The van der Waals surface area contributed by atoms with Crippen molar-refractivity contribution >= 4 is 5.91 Å². The van der Waals surface area contributed by atoms with Gasteiger partial charge in [0.1, 0.15) is 5.75 Å². The summed E-state index contributed by atoms with van der Waals surface area (Å²) in [5.41, 5.74) is 1.93. The number of ether oxygens (including phenoxy) is 1. The van der Waals surface area contributed by atoms with Gasteiger partial charge >= 0.3 is 0 Å². The van der Waals surface area contributed by atoms with Crippen LogP contribution in [0.1, 0.15) is 41.1 Å². The molecule has 0 bridgehead atoms. The average molecular weight is 322 g/mol. The lowest BCUT2D eigenvalue weighted by atomic mass is 10.0. The molecule has 1 unspecified atom stereocenters. The molecule has 1 aromatic carbocycles. The smallest absolute Gasteiger partial charge is 0.254 e. The van der Waals surface area contributed by atoms with Crippen LogP contribution >= 0.6 is 0 Å². The van der Waals surface area contributed by atoms with Crippen LogP contribution in [0.3, 0.4) is 0 Å². The highest BCUT2D eigenvalue weighted by molar-refractivity contribution is 5.94. The zero-order chi connectivity index (χ0) is 16.4. The molecule has 1 saturated heterocycles. The van der Waals surface area contributed by atoms with Gasteiger partial charge in [-0.3, -0.25) is 9.78 Å². The fraction of sp³-hybridized carbons (Fsp3) is 0.400. The van der Waals surface area contributed by atoms with E-state index in [9.17, 15) is 4.79 Å². The highest BCUT2D eigenvalue weighted by Crippen LogP contribution is 2.30. The van der Waals surface area contributed by atoms with E-state index in [1.807, 2.05) is 41.4 Å². The Morgan fingerprint density at radius 2 is 2.12 bits per heavy atom. The van der Waals surface area contributed by atoms with Crippen LogP contribution in [0.25, 0.3) is 0 Å². The summed E-state index contributed by atoms with van der Waals surface area (Å²) in [6.07, 6.45) is 7.22. The molecule has 4 rings (SSSR count). The van der Waals surface area contributed by atoms with Gasteiger partial charge in [0, 0.05) is 37.0 Å². The Kier molecular flexibility index (Phi) is 4.20. The predicted molar refractivity (Wildman–Crippen MR) is 92.2 cm³/mol. The number of hydrogen-bond donors (Lipinski definition) is 0. The van der Waals surface area contributed by atoms with Crippen molar-refractivity contribution in [1.29, 1.82) is 0 Å². The second-order valence-corrected chi connectivity index (χ2v) is 6.81. The molecular weight excluding hydrogens is 300 g/mol. The van der Waals surface area contributed by atoms with E-state index in [0.717, 1.165) is 37.4 Å². The van der Waals surface area contributed by atoms with Gasteiger partial charge < -0.3 is 9.64 Å². The number of nitrogens with zero attached hydrogens (tertiary/aromatic N) is 2. The van der Waals surface area contributed by atoms with E-state index in [2.05, 4.69) is 11.1 Å². The zero-order valence-corrected chi connectivity index (χ0v) is 13.7. The quantitative estimate of drug-likeness (QED) is 0.846. The van der Waals surface area contributed by atoms with Gasteiger partial charge in [-0.15, -0.1) is 0 Å². The molecule has 1 saturated carbocycles. The topological polar surface area (TPSA) is 42.4 Å². The normalized spacial score (nSPS) is 20.2. The van der Waals surface area contributed by atoms with Crippen molar-refractivity contribution in [1.82, 2.24) is 9.88 Å². The molecule has 1 atom stereocenters. The molecule has 2 heterocycles. The summed E-state index contributed by atoms with van der Waals surface area (Å²) in [4.78, 5) is 18.9. The molecule has 4 nitrogen and oxygen atoms in total. The highest BCUT2D eigenvalue weighted by atomic mass is 16.5. The first kappa shape index (κ1) is 15.2. The lowest BCUT2D eigenvalue weighted by Gasteiger charge is -2.17. The monoisotopic (exact) mass is 322 g/mol. The first-order valence-electron chi connectivity index (χ1n) is 8.71. The van der Waals surface area contributed by atoms with Crippen molar-refractivity contribution in [2.75, 3.05) is 19.7 Å². The molecule has 0 N–H and O–H groups in total. The molecule has 1 aliphatic carbocycles. The maximum atomic E-state index is 12.8. The molecular formula is C20H22N2O2. The van der Waals surface area contributed by atoms with E-state index in [4.69, 9.17) is 4.74 Å². The van der Waals surface area contributed by atoms with Gasteiger partial charge in [-0.2, -0.15) is 0 Å². The number of benzene rings is 1. The minimum atomic E-state index is 0.0956. The zero-order valence-electron chi connectivity index (χ0n) is 13.7. The maximum Gasteiger partial charge on any atom is 0.254 e. The van der Waals surface area contributed by atoms with Gasteiger partial charge in [-0.25, -0.2) is 0 Å². The Morgan fingerprint density at radius 1 is 1.21 bits per heavy atom. The van der Waals surface area contributed by atoms with Crippen molar-refractivity contribution in [2.45, 2.75) is 25.2 Å². The summed E-state index contributed by atoms with van der Waals surface area (Å²) < 4.78 is 5.79. The number of hydrogen-bond acceptors (Lipinski definition) is 3. The SMILES string of the molecule is O=C(c1cccc(OCC2CC2)c1)N1CCC(c2cccnc2)C1. The molecule has 124 valence electrons. The molecule has 1 aliphatic heterocycles. The second-order valence-electron chi connectivity index (χ2n) is 6.81. The number of likely N-dealkylation sites (tertiary alicyclic amines) is 1. The number of aromatic nitrogens is 1. The largest absolute Gasteiger partial charge is 0.493 e. The maximum absolute atomic E-state index is 12.8. The van der Waals surface area contributed by atoms with Crippen molar-refractivity contribution in [3.8, 4) is 5.75 Å². The first-order chi connectivity index (χ1) is 11.8. The van der Waals surface area contributed by atoms with E-state index in [1.165, 1.54) is 18.4 Å². The number of carbonyl (C=O) groups is 1. The summed E-state index contributed by atoms with van der Waals surface area (Å²) in [7, 11) is 0. The van der Waals surface area contributed by atoms with Crippen molar-refractivity contribution in [3.05, 3.63) is 59.9 Å². The van der Waals surface area contributed by atoms with Crippen LogP contribution in [-0.2, 0) is 0 Å². The Balaban J connectivity index is 1.41. The van der Waals surface area contributed by atoms with Crippen LogP contribution in [-0.4, -0.2) is 35.5 Å². The molecule has 2 fully saturated rings. The predicted octanol–water partition coefficient (Wildman–Crippen LogP) is 3.50. The minimum Gasteiger partial charge on any atom is -0.493 e. The molecule has 24 heavy (non-hydrogen) atoms. The number of rotatable bonds is 5. The summed E-state index contributed by atoms with van der Waals surface area (Å²) in [5, 5.41) is 0. The summed E-state index contributed by atoms with van der Waals surface area (Å²) >= 11 is 0. The van der Waals surface area contributed by atoms with Crippen LogP contribution in [0.15, 0.2) is 48.8 Å². The van der Waals surface area contributed by atoms with Gasteiger partial charge in [0.05, 0.1) is 6.61 Å². The lowest BCUT2D eigenvalue weighted by Crippen LogP contribution is -2.28. The third kappa shape index (κ3) is 3.42. The van der Waals surface area contributed by atoms with Crippen molar-refractivity contribution in [2.24, 2.45) is 5.92 Å². The third-order valence-corrected chi connectivity index (χ3v) is 4.89. The van der Waals surface area contributed by atoms with Crippen molar-refractivity contribution in [3.63, 3.8) is 0 Å². The molecule has 1 aromatic heterocycles. The van der Waals surface area contributed by atoms with Crippen LogP contribution in [0, 0.1) is 5.92 Å². The number of carbonyl (C=O) groups excluding carboxylic acids is 1. The third-order valence-electron chi connectivity index (χ3n) is 4.89. The van der Waals surface area contributed by atoms with Crippen molar-refractivity contribution < 1.29 is 9.53 Å². The molecule has 1 amide bonds. The van der Waals surface area contributed by atoms with Gasteiger partial charge in [-0.1, -0.05) is 12.1 Å². The minimum absolute atomic E-state index is 0.0956. The fourth-order valence-electron chi connectivity index (χ4n) is 3.23. The van der Waals surface area contributed by atoms with Gasteiger partial charge in [0.15, 0.2) is 0 Å². The van der Waals surface area contributed by atoms with Gasteiger partial charge in [0.2, 0.25) is 0 Å². The van der Waals surface area contributed by atoms with E-state index in [0.29, 0.717) is 11.8 Å². The summed E-state index contributed by atoms with van der Waals surface area (Å²) in [5.74, 6) is 1.99. The highest BCUT2D eigenvalue weighted by Gasteiger charge is 2.28. The summed E-state index contributed by atoms with van der Waals surface area (Å²) in [6.45, 7) is 2.33. The molecule has 2 aliphatic rings. The number of pyridine rings is 1. The molecule has 4 heteroatoms. The Hall–Kier alpha value is -2.36. The van der Waals surface area contributed by atoms with Crippen LogP contribution < -0.4 is 4.74 Å². The average Bonchev–Trinajstić information content (AvgIpc) is 3.34. The van der Waals surface area contributed by atoms with Crippen LogP contribution in [0.4, 0.5) is 0 Å². The molecule has 2 aromatic rings. The Morgan fingerprint density at radius 3 is 2.92 bits per heavy atom. The van der Waals surface area contributed by atoms with E-state index in [1.54, 1.807) is 6.20 Å². The lowest BCUT2D eigenvalue weighted by molar-refractivity contribution is 0.0790. The fourth-order valence-corrected chi connectivity index (χ4v) is 3.23. The van der Waals surface area contributed by atoms with Crippen LogP contribution in [0.5, 0.6) is 5.75 Å². The molecule has 0 spiro atoms. The van der Waals surface area contributed by atoms with E-state index >= 15 is 0 Å². The Bertz CT molecular complexity index is 713. The van der Waals surface area contributed by atoms with E-state index in [-0.39, 0.29) is 5.91 Å². The van der Waals surface area contributed by atoms with Gasteiger partial charge in [0.25, 0.3) is 5.91 Å². The Labute approximate surface area is 142 Å². The first-order valence-corrected chi connectivity index (χ1v) is 8.71. The van der Waals surface area contributed by atoms with Gasteiger partial charge in [-0.05, 0) is 55.0 Å². The number of amides is 1. The van der Waals surface area contributed by atoms with Crippen LogP contribution in [0.2, 0.25) is 0 Å².